The summed E-state index contributed by atoms with van der Waals surface area (Å²) in [5.74, 6) is -0.111. The van der Waals surface area contributed by atoms with Gasteiger partial charge in [-0.25, -0.2) is 0 Å². The van der Waals surface area contributed by atoms with Crippen molar-refractivity contribution >= 4 is 17.6 Å². The van der Waals surface area contributed by atoms with E-state index in [0.717, 1.165) is 12.8 Å². The van der Waals surface area contributed by atoms with Crippen molar-refractivity contribution in [1.82, 2.24) is 10.2 Å². The normalized spacial score (nSPS) is 21.0. The molecule has 2 amide bonds. The molecule has 3 atom stereocenters. The van der Waals surface area contributed by atoms with Crippen LogP contribution in [0.5, 0.6) is 0 Å². The average molecular weight is 342 g/mol. The van der Waals surface area contributed by atoms with E-state index in [0.29, 0.717) is 12.4 Å². The van der Waals surface area contributed by atoms with Gasteiger partial charge in [0.15, 0.2) is 0 Å². The standard InChI is InChI=1S/C16H30N4O4/c1-10(2)18-15(17)12-7-6-8-20(12)16(22)14(11(3)24-5)19-13(21)9-23-4/h10-12,14H,6-9H2,1-5H3,(H2,17,18)(H,19,21). The van der Waals surface area contributed by atoms with E-state index in [1.807, 2.05) is 13.8 Å². The molecule has 0 aromatic heterocycles. The van der Waals surface area contributed by atoms with Crippen molar-refractivity contribution in [3.8, 4) is 0 Å². The number of likely N-dealkylation sites (tertiary alicyclic amines) is 1. The number of carbonyl (C=O) groups excluding carboxylic acids is 2. The minimum atomic E-state index is -0.787. The lowest BCUT2D eigenvalue weighted by Gasteiger charge is -2.31. The summed E-state index contributed by atoms with van der Waals surface area (Å²) < 4.78 is 10.1. The zero-order valence-corrected chi connectivity index (χ0v) is 15.2. The Balaban J connectivity index is 2.93. The summed E-state index contributed by atoms with van der Waals surface area (Å²) in [6, 6.07) is -0.950. The van der Waals surface area contributed by atoms with E-state index < -0.39 is 12.1 Å². The van der Waals surface area contributed by atoms with Gasteiger partial charge in [0.2, 0.25) is 11.8 Å². The van der Waals surface area contributed by atoms with Crippen molar-refractivity contribution in [3.63, 3.8) is 0 Å². The fourth-order valence-corrected chi connectivity index (χ4v) is 2.76. The van der Waals surface area contributed by atoms with E-state index in [9.17, 15) is 9.59 Å². The van der Waals surface area contributed by atoms with E-state index >= 15 is 0 Å². The van der Waals surface area contributed by atoms with Crippen molar-refractivity contribution in [1.29, 1.82) is 0 Å². The Morgan fingerprint density at radius 3 is 2.54 bits per heavy atom. The second kappa shape index (κ2) is 9.58. The minimum Gasteiger partial charge on any atom is -0.386 e. The predicted octanol–water partition coefficient (Wildman–Crippen LogP) is -0.0909. The molecule has 1 aliphatic heterocycles. The van der Waals surface area contributed by atoms with Crippen LogP contribution in [-0.2, 0) is 19.1 Å². The number of methoxy groups -OCH3 is 2. The molecule has 3 N–H and O–H groups in total. The van der Waals surface area contributed by atoms with E-state index in [1.165, 1.54) is 14.2 Å². The van der Waals surface area contributed by atoms with Crippen LogP contribution < -0.4 is 11.1 Å². The maximum atomic E-state index is 13.0. The highest BCUT2D eigenvalue weighted by molar-refractivity contribution is 5.94. The van der Waals surface area contributed by atoms with Crippen LogP contribution in [-0.4, -0.2) is 74.2 Å². The Labute approximate surface area is 143 Å². The van der Waals surface area contributed by atoms with Crippen LogP contribution in [0, 0.1) is 0 Å². The summed E-state index contributed by atoms with van der Waals surface area (Å²) in [7, 11) is 2.93. The van der Waals surface area contributed by atoms with Gasteiger partial charge in [-0.1, -0.05) is 0 Å². The largest absolute Gasteiger partial charge is 0.386 e. The van der Waals surface area contributed by atoms with Crippen LogP contribution in [0.4, 0.5) is 0 Å². The third-order valence-corrected chi connectivity index (χ3v) is 3.98. The third kappa shape index (κ3) is 5.45. The highest BCUT2D eigenvalue weighted by atomic mass is 16.5. The van der Waals surface area contributed by atoms with Gasteiger partial charge in [-0.15, -0.1) is 0 Å². The van der Waals surface area contributed by atoms with Gasteiger partial charge in [0, 0.05) is 26.8 Å². The van der Waals surface area contributed by atoms with Crippen LogP contribution in [0.1, 0.15) is 33.6 Å². The number of nitrogens with two attached hydrogens (primary N) is 1. The smallest absolute Gasteiger partial charge is 0.248 e. The molecule has 1 heterocycles. The molecule has 3 unspecified atom stereocenters. The van der Waals surface area contributed by atoms with E-state index in [-0.39, 0.29) is 30.5 Å². The molecule has 1 fully saturated rings. The minimum absolute atomic E-state index is 0.0673. The first-order valence-electron chi connectivity index (χ1n) is 8.26. The second-order valence-electron chi connectivity index (χ2n) is 6.26. The van der Waals surface area contributed by atoms with Gasteiger partial charge in [0.25, 0.3) is 0 Å². The number of hydrogen-bond acceptors (Lipinski definition) is 5. The molecule has 1 rings (SSSR count). The maximum Gasteiger partial charge on any atom is 0.248 e. The number of amides is 2. The molecule has 8 nitrogen and oxygen atoms in total. The zero-order chi connectivity index (χ0) is 18.3. The molecule has 1 aliphatic rings. The monoisotopic (exact) mass is 342 g/mol. The summed E-state index contributed by atoms with van der Waals surface area (Å²) >= 11 is 0. The number of nitrogens with one attached hydrogen (secondary N) is 1. The third-order valence-electron chi connectivity index (χ3n) is 3.98. The molecule has 0 radical (unpaired) electrons. The molecule has 0 aliphatic carbocycles. The Kier molecular flexibility index (Phi) is 8.14. The van der Waals surface area contributed by atoms with E-state index in [4.69, 9.17) is 15.2 Å². The van der Waals surface area contributed by atoms with Crippen LogP contribution in [0.15, 0.2) is 4.99 Å². The zero-order valence-electron chi connectivity index (χ0n) is 15.2. The molecule has 0 saturated carbocycles. The first-order chi connectivity index (χ1) is 11.3. The van der Waals surface area contributed by atoms with Crippen LogP contribution in [0.2, 0.25) is 0 Å². The van der Waals surface area contributed by atoms with Crippen LogP contribution in [0.3, 0.4) is 0 Å². The average Bonchev–Trinajstić information content (AvgIpc) is 3.00. The number of amidine groups is 1. The van der Waals surface area contributed by atoms with Gasteiger partial charge in [-0.3, -0.25) is 14.6 Å². The lowest BCUT2D eigenvalue weighted by atomic mass is 10.1. The van der Waals surface area contributed by atoms with Crippen molar-refractivity contribution in [2.24, 2.45) is 10.7 Å². The molecular weight excluding hydrogens is 312 g/mol. The summed E-state index contributed by atoms with van der Waals surface area (Å²) in [4.78, 5) is 30.9. The van der Waals surface area contributed by atoms with E-state index in [1.54, 1.807) is 11.8 Å². The molecular formula is C16H30N4O4. The Hall–Kier alpha value is -1.67. The van der Waals surface area contributed by atoms with Crippen molar-refractivity contribution in [2.45, 2.75) is 57.8 Å². The fraction of sp³-hybridized carbons (Fsp3) is 0.812. The molecule has 1 saturated heterocycles. The first-order valence-corrected chi connectivity index (χ1v) is 8.26. The van der Waals surface area contributed by atoms with Crippen molar-refractivity contribution in [3.05, 3.63) is 0 Å². The van der Waals surface area contributed by atoms with Crippen LogP contribution >= 0.6 is 0 Å². The predicted molar refractivity (Wildman–Crippen MR) is 91.8 cm³/mol. The number of rotatable bonds is 8. The number of carbonyl (C=O) groups is 2. The summed E-state index contributed by atoms with van der Waals surface area (Å²) in [6.07, 6.45) is 1.15. The second-order valence-corrected chi connectivity index (χ2v) is 6.26. The summed E-state index contributed by atoms with van der Waals surface area (Å²) in [6.45, 7) is 6.10. The molecule has 0 spiro atoms. The number of aliphatic imine (C=N–C) groups is 1. The molecule has 0 bridgehead atoms. The van der Waals surface area contributed by atoms with Gasteiger partial charge in [-0.2, -0.15) is 0 Å². The first kappa shape index (κ1) is 20.4. The number of nitrogens with zero attached hydrogens (tertiary/aromatic N) is 2. The van der Waals surface area contributed by atoms with Crippen molar-refractivity contribution in [2.75, 3.05) is 27.4 Å². The van der Waals surface area contributed by atoms with Gasteiger partial charge in [0.05, 0.1) is 12.1 Å². The summed E-state index contributed by atoms with van der Waals surface area (Å²) in [5.41, 5.74) is 6.08. The summed E-state index contributed by atoms with van der Waals surface area (Å²) in [5, 5.41) is 2.68. The molecule has 0 aromatic carbocycles. The SMILES string of the molecule is COCC(=O)NC(C(=O)N1CCCC1C(N)=NC(C)C)C(C)OC. The van der Waals surface area contributed by atoms with Crippen LogP contribution in [0.25, 0.3) is 0 Å². The lowest BCUT2D eigenvalue weighted by molar-refractivity contribution is -0.140. The highest BCUT2D eigenvalue weighted by Gasteiger charge is 2.38. The Morgan fingerprint density at radius 2 is 2.00 bits per heavy atom. The van der Waals surface area contributed by atoms with Crippen molar-refractivity contribution < 1.29 is 19.1 Å². The van der Waals surface area contributed by atoms with Gasteiger partial charge >= 0.3 is 0 Å². The van der Waals surface area contributed by atoms with Gasteiger partial charge in [-0.05, 0) is 33.6 Å². The van der Waals surface area contributed by atoms with Gasteiger partial charge < -0.3 is 25.4 Å². The quantitative estimate of drug-likeness (QED) is 0.474. The lowest BCUT2D eigenvalue weighted by Crippen LogP contribution is -2.57. The maximum absolute atomic E-state index is 13.0. The molecule has 24 heavy (non-hydrogen) atoms. The van der Waals surface area contributed by atoms with Gasteiger partial charge in [0.1, 0.15) is 18.5 Å². The highest BCUT2D eigenvalue weighted by Crippen LogP contribution is 2.20. The van der Waals surface area contributed by atoms with E-state index in [2.05, 4.69) is 10.3 Å². The Morgan fingerprint density at radius 1 is 1.33 bits per heavy atom. The molecule has 138 valence electrons. The Bertz CT molecular complexity index is 467. The number of ether oxygens (including phenoxy) is 2. The topological polar surface area (TPSA) is 106 Å². The molecule has 8 heteroatoms. The number of hydrogen-bond donors (Lipinski definition) is 2. The fourth-order valence-electron chi connectivity index (χ4n) is 2.76. The molecule has 0 aromatic rings.